The van der Waals surface area contributed by atoms with Crippen LogP contribution < -0.4 is 10.6 Å². The van der Waals surface area contributed by atoms with E-state index in [4.69, 9.17) is 0 Å². The van der Waals surface area contributed by atoms with Gasteiger partial charge in [-0.25, -0.2) is 4.79 Å². The van der Waals surface area contributed by atoms with E-state index < -0.39 is 0 Å². The van der Waals surface area contributed by atoms with Crippen LogP contribution in [0.2, 0.25) is 0 Å². The summed E-state index contributed by atoms with van der Waals surface area (Å²) in [5.74, 6) is 0. The molecule has 0 unspecified atom stereocenters. The summed E-state index contributed by atoms with van der Waals surface area (Å²) in [6.07, 6.45) is 4.78. The molecule has 0 aromatic heterocycles. The summed E-state index contributed by atoms with van der Waals surface area (Å²) < 4.78 is 0. The van der Waals surface area contributed by atoms with Crippen LogP contribution in [0.3, 0.4) is 0 Å². The van der Waals surface area contributed by atoms with Crippen molar-refractivity contribution in [1.29, 1.82) is 0 Å². The van der Waals surface area contributed by atoms with Crippen LogP contribution in [0.5, 0.6) is 0 Å². The standard InChI is InChI=1S/C12H25N3O/c1-10(2)15(3)9-8-13-12(16)14-11-6-4-5-7-11/h10-11H,4-9H2,1-3H3,(H2,13,14,16). The molecule has 0 spiro atoms. The van der Waals surface area contributed by atoms with Crippen molar-refractivity contribution in [3.8, 4) is 0 Å². The molecule has 0 aromatic carbocycles. The summed E-state index contributed by atoms with van der Waals surface area (Å²) in [6.45, 7) is 5.92. The Morgan fingerprint density at radius 3 is 2.56 bits per heavy atom. The lowest BCUT2D eigenvalue weighted by Gasteiger charge is -2.21. The molecule has 0 aliphatic heterocycles. The van der Waals surface area contributed by atoms with E-state index in [0.717, 1.165) is 19.4 Å². The number of urea groups is 1. The van der Waals surface area contributed by atoms with E-state index in [1.165, 1.54) is 12.8 Å². The van der Waals surface area contributed by atoms with E-state index in [1.807, 2.05) is 0 Å². The zero-order chi connectivity index (χ0) is 12.0. The van der Waals surface area contributed by atoms with Crippen LogP contribution >= 0.6 is 0 Å². The van der Waals surface area contributed by atoms with Crippen LogP contribution in [-0.2, 0) is 0 Å². The highest BCUT2D eigenvalue weighted by atomic mass is 16.2. The summed E-state index contributed by atoms with van der Waals surface area (Å²) in [4.78, 5) is 13.7. The summed E-state index contributed by atoms with van der Waals surface area (Å²) in [7, 11) is 2.07. The topological polar surface area (TPSA) is 44.4 Å². The minimum atomic E-state index is -0.0101. The molecule has 0 atom stereocenters. The molecule has 4 nitrogen and oxygen atoms in total. The number of likely N-dealkylation sites (N-methyl/N-ethyl adjacent to an activating group) is 1. The van der Waals surface area contributed by atoms with Crippen molar-refractivity contribution in [1.82, 2.24) is 15.5 Å². The largest absolute Gasteiger partial charge is 0.337 e. The average Bonchev–Trinajstić information content (AvgIpc) is 2.70. The number of amides is 2. The molecule has 1 rings (SSSR count). The third-order valence-electron chi connectivity index (χ3n) is 3.32. The van der Waals surface area contributed by atoms with E-state index in [2.05, 4.69) is 36.4 Å². The number of rotatable bonds is 5. The highest BCUT2D eigenvalue weighted by Crippen LogP contribution is 2.17. The Balaban J connectivity index is 2.05. The van der Waals surface area contributed by atoms with Gasteiger partial charge in [-0.3, -0.25) is 0 Å². The molecular weight excluding hydrogens is 202 g/mol. The maximum Gasteiger partial charge on any atom is 0.315 e. The van der Waals surface area contributed by atoms with E-state index in [1.54, 1.807) is 0 Å². The fourth-order valence-corrected chi connectivity index (χ4v) is 1.91. The van der Waals surface area contributed by atoms with Crippen molar-refractivity contribution >= 4 is 6.03 Å². The van der Waals surface area contributed by atoms with Crippen molar-refractivity contribution in [3.63, 3.8) is 0 Å². The third kappa shape index (κ3) is 4.84. The van der Waals surface area contributed by atoms with E-state index >= 15 is 0 Å². The smallest absolute Gasteiger partial charge is 0.315 e. The SMILES string of the molecule is CC(C)N(C)CCNC(=O)NC1CCCC1. The van der Waals surface area contributed by atoms with Gasteiger partial charge in [-0.2, -0.15) is 0 Å². The van der Waals surface area contributed by atoms with Crippen LogP contribution in [0.4, 0.5) is 4.79 Å². The van der Waals surface area contributed by atoms with Gasteiger partial charge in [-0.15, -0.1) is 0 Å². The highest BCUT2D eigenvalue weighted by molar-refractivity contribution is 5.74. The normalized spacial score (nSPS) is 17.1. The Kier molecular flexibility index (Phi) is 5.60. The molecule has 1 saturated carbocycles. The average molecular weight is 227 g/mol. The Morgan fingerprint density at radius 2 is 2.00 bits per heavy atom. The lowest BCUT2D eigenvalue weighted by Crippen LogP contribution is -2.44. The van der Waals surface area contributed by atoms with Gasteiger partial charge in [-0.05, 0) is 33.7 Å². The fraction of sp³-hybridized carbons (Fsp3) is 0.917. The van der Waals surface area contributed by atoms with Crippen LogP contribution in [0.15, 0.2) is 0 Å². The maximum absolute atomic E-state index is 11.5. The minimum Gasteiger partial charge on any atom is -0.337 e. The van der Waals surface area contributed by atoms with Crippen LogP contribution in [0.1, 0.15) is 39.5 Å². The van der Waals surface area contributed by atoms with Crippen molar-refractivity contribution in [2.24, 2.45) is 0 Å². The van der Waals surface area contributed by atoms with Crippen molar-refractivity contribution < 1.29 is 4.79 Å². The first-order chi connectivity index (χ1) is 7.59. The Morgan fingerprint density at radius 1 is 1.38 bits per heavy atom. The Hall–Kier alpha value is -0.770. The third-order valence-corrected chi connectivity index (χ3v) is 3.32. The molecule has 94 valence electrons. The van der Waals surface area contributed by atoms with Crippen molar-refractivity contribution in [3.05, 3.63) is 0 Å². The molecule has 0 aromatic rings. The Bertz CT molecular complexity index is 212. The van der Waals surface area contributed by atoms with Crippen LogP contribution in [-0.4, -0.2) is 43.2 Å². The summed E-state index contributed by atoms with van der Waals surface area (Å²) in [6, 6.07) is 0.923. The molecule has 16 heavy (non-hydrogen) atoms. The summed E-state index contributed by atoms with van der Waals surface area (Å²) in [5.41, 5.74) is 0. The molecule has 1 fully saturated rings. The first-order valence-electron chi connectivity index (χ1n) is 6.34. The van der Waals surface area contributed by atoms with Gasteiger partial charge in [0.15, 0.2) is 0 Å². The minimum absolute atomic E-state index is 0.0101. The Labute approximate surface area is 98.8 Å². The number of nitrogens with zero attached hydrogens (tertiary/aromatic N) is 1. The lowest BCUT2D eigenvalue weighted by atomic mass is 10.2. The van der Waals surface area contributed by atoms with Gasteiger partial charge in [0, 0.05) is 25.2 Å². The monoisotopic (exact) mass is 227 g/mol. The molecule has 0 saturated heterocycles. The van der Waals surface area contributed by atoms with Crippen LogP contribution in [0.25, 0.3) is 0 Å². The van der Waals surface area contributed by atoms with E-state index in [9.17, 15) is 4.79 Å². The number of hydrogen-bond acceptors (Lipinski definition) is 2. The van der Waals surface area contributed by atoms with Gasteiger partial charge in [0.2, 0.25) is 0 Å². The molecule has 0 heterocycles. The van der Waals surface area contributed by atoms with Crippen molar-refractivity contribution in [2.75, 3.05) is 20.1 Å². The number of carbonyl (C=O) groups is 1. The molecule has 0 radical (unpaired) electrons. The predicted octanol–water partition coefficient (Wildman–Crippen LogP) is 1.57. The first-order valence-corrected chi connectivity index (χ1v) is 6.34. The molecule has 2 N–H and O–H groups in total. The van der Waals surface area contributed by atoms with Crippen LogP contribution in [0, 0.1) is 0 Å². The molecule has 1 aliphatic rings. The second-order valence-corrected chi connectivity index (χ2v) is 4.96. The van der Waals surface area contributed by atoms with Gasteiger partial charge in [-0.1, -0.05) is 12.8 Å². The molecule has 1 aliphatic carbocycles. The van der Waals surface area contributed by atoms with Crippen molar-refractivity contribution in [2.45, 2.75) is 51.6 Å². The number of nitrogens with one attached hydrogen (secondary N) is 2. The van der Waals surface area contributed by atoms with Gasteiger partial charge in [0.25, 0.3) is 0 Å². The van der Waals surface area contributed by atoms with E-state index in [-0.39, 0.29) is 6.03 Å². The van der Waals surface area contributed by atoms with Gasteiger partial charge in [0.1, 0.15) is 0 Å². The number of carbonyl (C=O) groups excluding carboxylic acids is 1. The first kappa shape index (κ1) is 13.3. The number of hydrogen-bond donors (Lipinski definition) is 2. The van der Waals surface area contributed by atoms with Gasteiger partial charge >= 0.3 is 6.03 Å². The maximum atomic E-state index is 11.5. The summed E-state index contributed by atoms with van der Waals surface area (Å²) >= 11 is 0. The highest BCUT2D eigenvalue weighted by Gasteiger charge is 2.16. The lowest BCUT2D eigenvalue weighted by molar-refractivity contribution is 0.231. The van der Waals surface area contributed by atoms with Gasteiger partial charge in [0.05, 0.1) is 0 Å². The second kappa shape index (κ2) is 6.74. The molecule has 0 bridgehead atoms. The zero-order valence-corrected chi connectivity index (χ0v) is 10.8. The van der Waals surface area contributed by atoms with E-state index in [0.29, 0.717) is 18.6 Å². The predicted molar refractivity (Wildman–Crippen MR) is 66.6 cm³/mol. The molecule has 4 heteroatoms. The summed E-state index contributed by atoms with van der Waals surface area (Å²) in [5, 5.41) is 5.92. The molecule has 2 amide bonds. The quantitative estimate of drug-likeness (QED) is 0.749. The zero-order valence-electron chi connectivity index (χ0n) is 10.8. The molecular formula is C12H25N3O. The second-order valence-electron chi connectivity index (χ2n) is 4.96. The van der Waals surface area contributed by atoms with Gasteiger partial charge < -0.3 is 15.5 Å². The fourth-order valence-electron chi connectivity index (χ4n) is 1.91.